The summed E-state index contributed by atoms with van der Waals surface area (Å²) in [5.41, 5.74) is 7.39. The van der Waals surface area contributed by atoms with E-state index in [2.05, 4.69) is 18.5 Å². The molecule has 1 unspecified atom stereocenters. The van der Waals surface area contributed by atoms with Gasteiger partial charge in [-0.1, -0.05) is 24.6 Å². The molecule has 3 N–H and O–H groups in total. The van der Waals surface area contributed by atoms with E-state index in [9.17, 15) is 0 Å². The van der Waals surface area contributed by atoms with Gasteiger partial charge >= 0.3 is 0 Å². The summed E-state index contributed by atoms with van der Waals surface area (Å²) in [5, 5.41) is 4.57. The van der Waals surface area contributed by atoms with Crippen LogP contribution in [-0.2, 0) is 0 Å². The normalized spacial score (nSPS) is 12.5. The average molecular weight is 245 g/mol. The standard InChI is InChI=1S/C11H17ClN2S/c1-8(15-2)6-7-14-10-5-3-4-9(12)11(10)13/h3-5,8,14H,6-7,13H2,1-2H3. The van der Waals surface area contributed by atoms with E-state index >= 15 is 0 Å². The minimum atomic E-state index is 0.609. The molecule has 0 fully saturated rings. The third-order valence-electron chi connectivity index (χ3n) is 2.32. The summed E-state index contributed by atoms with van der Waals surface area (Å²) in [6.07, 6.45) is 3.24. The van der Waals surface area contributed by atoms with Crippen LogP contribution in [0.5, 0.6) is 0 Å². The first-order chi connectivity index (χ1) is 7.15. The Morgan fingerprint density at radius 2 is 2.27 bits per heavy atom. The van der Waals surface area contributed by atoms with Crippen molar-refractivity contribution in [3.63, 3.8) is 0 Å². The zero-order chi connectivity index (χ0) is 11.3. The molecule has 1 atom stereocenters. The second-order valence-electron chi connectivity index (χ2n) is 3.46. The number of thioether (sulfide) groups is 1. The van der Waals surface area contributed by atoms with Gasteiger partial charge in [0, 0.05) is 11.8 Å². The molecule has 0 aromatic heterocycles. The predicted octanol–water partition coefficient (Wildman–Crippen LogP) is 3.48. The summed E-state index contributed by atoms with van der Waals surface area (Å²) in [6, 6.07) is 5.65. The Hall–Kier alpha value is -0.540. The minimum absolute atomic E-state index is 0.609. The second-order valence-corrected chi connectivity index (χ2v) is 5.15. The van der Waals surface area contributed by atoms with Gasteiger partial charge in [-0.2, -0.15) is 11.8 Å². The van der Waals surface area contributed by atoms with Gasteiger partial charge in [0.2, 0.25) is 0 Å². The van der Waals surface area contributed by atoms with E-state index in [1.165, 1.54) is 0 Å². The molecular formula is C11H17ClN2S. The summed E-state index contributed by atoms with van der Waals surface area (Å²) in [5.74, 6) is 0. The molecule has 4 heteroatoms. The molecule has 0 saturated heterocycles. The molecular weight excluding hydrogens is 228 g/mol. The van der Waals surface area contributed by atoms with Gasteiger partial charge in [-0.3, -0.25) is 0 Å². The van der Waals surface area contributed by atoms with Crippen molar-refractivity contribution in [3.8, 4) is 0 Å². The van der Waals surface area contributed by atoms with E-state index in [1.807, 2.05) is 23.9 Å². The number of nitrogens with two attached hydrogens (primary N) is 1. The van der Waals surface area contributed by atoms with E-state index in [4.69, 9.17) is 17.3 Å². The lowest BCUT2D eigenvalue weighted by Gasteiger charge is -2.12. The molecule has 0 radical (unpaired) electrons. The molecule has 84 valence electrons. The maximum Gasteiger partial charge on any atom is 0.0739 e. The van der Waals surface area contributed by atoms with Crippen molar-refractivity contribution >= 4 is 34.7 Å². The first kappa shape index (κ1) is 12.5. The number of para-hydroxylation sites is 1. The Kier molecular flexibility index (Phi) is 5.12. The van der Waals surface area contributed by atoms with Gasteiger partial charge in [0.05, 0.1) is 16.4 Å². The van der Waals surface area contributed by atoms with Crippen LogP contribution in [0.1, 0.15) is 13.3 Å². The average Bonchev–Trinajstić information content (AvgIpc) is 2.24. The van der Waals surface area contributed by atoms with Crippen molar-refractivity contribution in [3.05, 3.63) is 23.2 Å². The lowest BCUT2D eigenvalue weighted by atomic mass is 10.2. The van der Waals surface area contributed by atoms with Crippen LogP contribution in [0, 0.1) is 0 Å². The fourth-order valence-corrected chi connectivity index (χ4v) is 1.75. The maximum atomic E-state index is 5.91. The third-order valence-corrected chi connectivity index (χ3v) is 3.69. The summed E-state index contributed by atoms with van der Waals surface area (Å²) in [4.78, 5) is 0. The van der Waals surface area contributed by atoms with Crippen LogP contribution >= 0.6 is 23.4 Å². The van der Waals surface area contributed by atoms with Gasteiger partial charge in [0.25, 0.3) is 0 Å². The minimum Gasteiger partial charge on any atom is -0.396 e. The molecule has 1 aromatic rings. The first-order valence-corrected chi connectivity index (χ1v) is 6.62. The van der Waals surface area contributed by atoms with E-state index < -0.39 is 0 Å². The largest absolute Gasteiger partial charge is 0.396 e. The number of benzene rings is 1. The second kappa shape index (κ2) is 6.13. The van der Waals surface area contributed by atoms with Crippen molar-refractivity contribution < 1.29 is 0 Å². The van der Waals surface area contributed by atoms with Crippen LogP contribution in [-0.4, -0.2) is 18.1 Å². The Bertz CT molecular complexity index is 317. The number of hydrogen-bond donors (Lipinski definition) is 2. The highest BCUT2D eigenvalue weighted by molar-refractivity contribution is 7.99. The molecule has 0 aliphatic heterocycles. The van der Waals surface area contributed by atoms with Gasteiger partial charge in [-0.05, 0) is 24.8 Å². The quantitative estimate of drug-likeness (QED) is 0.779. The van der Waals surface area contributed by atoms with Gasteiger partial charge in [-0.25, -0.2) is 0 Å². The highest BCUT2D eigenvalue weighted by Crippen LogP contribution is 2.26. The third kappa shape index (κ3) is 3.84. The fourth-order valence-electron chi connectivity index (χ4n) is 1.22. The van der Waals surface area contributed by atoms with Crippen LogP contribution in [0.4, 0.5) is 11.4 Å². The van der Waals surface area contributed by atoms with E-state index in [0.717, 1.165) is 18.7 Å². The number of hydrogen-bond acceptors (Lipinski definition) is 3. The number of nitrogen functional groups attached to an aromatic ring is 1. The predicted molar refractivity (Wildman–Crippen MR) is 71.9 cm³/mol. The van der Waals surface area contributed by atoms with Gasteiger partial charge in [0.15, 0.2) is 0 Å². The number of rotatable bonds is 5. The van der Waals surface area contributed by atoms with Crippen LogP contribution in [0.25, 0.3) is 0 Å². The summed E-state index contributed by atoms with van der Waals surface area (Å²) < 4.78 is 0. The van der Waals surface area contributed by atoms with E-state index in [0.29, 0.717) is 16.0 Å². The zero-order valence-electron chi connectivity index (χ0n) is 9.09. The van der Waals surface area contributed by atoms with Gasteiger partial charge in [0.1, 0.15) is 0 Å². The van der Waals surface area contributed by atoms with Gasteiger partial charge in [-0.15, -0.1) is 0 Å². The Labute approximate surface area is 101 Å². The molecule has 0 saturated carbocycles. The van der Waals surface area contributed by atoms with Crippen molar-refractivity contribution in [1.82, 2.24) is 0 Å². The molecule has 0 heterocycles. The Morgan fingerprint density at radius 3 is 2.93 bits per heavy atom. The molecule has 2 nitrogen and oxygen atoms in total. The van der Waals surface area contributed by atoms with Crippen molar-refractivity contribution in [2.45, 2.75) is 18.6 Å². The monoisotopic (exact) mass is 244 g/mol. The molecule has 0 spiro atoms. The maximum absolute atomic E-state index is 5.91. The molecule has 0 amide bonds. The highest BCUT2D eigenvalue weighted by Gasteiger charge is 2.03. The summed E-state index contributed by atoms with van der Waals surface area (Å²) >= 11 is 7.78. The first-order valence-electron chi connectivity index (χ1n) is 4.95. The van der Waals surface area contributed by atoms with Crippen LogP contribution < -0.4 is 11.1 Å². The Balaban J connectivity index is 2.47. The SMILES string of the molecule is CSC(C)CCNc1cccc(Cl)c1N. The van der Waals surface area contributed by atoms with E-state index in [1.54, 1.807) is 6.07 Å². The molecule has 1 aromatic carbocycles. The zero-order valence-corrected chi connectivity index (χ0v) is 10.7. The van der Waals surface area contributed by atoms with Crippen LogP contribution in [0.2, 0.25) is 5.02 Å². The molecule has 0 bridgehead atoms. The number of halogens is 1. The summed E-state index contributed by atoms with van der Waals surface area (Å²) in [6.45, 7) is 3.14. The molecule has 1 rings (SSSR count). The number of nitrogens with one attached hydrogen (secondary N) is 1. The fraction of sp³-hybridized carbons (Fsp3) is 0.455. The van der Waals surface area contributed by atoms with Crippen molar-refractivity contribution in [2.24, 2.45) is 0 Å². The lowest BCUT2D eigenvalue weighted by molar-refractivity contribution is 0.854. The summed E-state index contributed by atoms with van der Waals surface area (Å²) in [7, 11) is 0. The number of anilines is 2. The highest BCUT2D eigenvalue weighted by atomic mass is 35.5. The molecule has 0 aliphatic carbocycles. The van der Waals surface area contributed by atoms with Crippen molar-refractivity contribution in [2.75, 3.05) is 23.9 Å². The molecule has 15 heavy (non-hydrogen) atoms. The van der Waals surface area contributed by atoms with E-state index in [-0.39, 0.29) is 0 Å². The van der Waals surface area contributed by atoms with Gasteiger partial charge < -0.3 is 11.1 Å². The van der Waals surface area contributed by atoms with Crippen LogP contribution in [0.15, 0.2) is 18.2 Å². The smallest absolute Gasteiger partial charge is 0.0739 e. The Morgan fingerprint density at radius 1 is 1.53 bits per heavy atom. The topological polar surface area (TPSA) is 38.0 Å². The van der Waals surface area contributed by atoms with Crippen LogP contribution in [0.3, 0.4) is 0 Å². The lowest BCUT2D eigenvalue weighted by Crippen LogP contribution is -2.09. The molecule has 0 aliphatic rings. The van der Waals surface area contributed by atoms with Crippen molar-refractivity contribution in [1.29, 1.82) is 0 Å².